The number of hydrogen-bond donors (Lipinski definition) is 1. The SMILES string of the molecule is CC(=O)OC1CN(Cc2ccc(-n3cnc(-c4ccc(CC(C)C)c(CN)c4)c3)cn2)C1. The van der Waals surface area contributed by atoms with Crippen molar-refractivity contribution in [2.75, 3.05) is 13.1 Å². The summed E-state index contributed by atoms with van der Waals surface area (Å²) in [5, 5.41) is 0. The molecule has 0 unspecified atom stereocenters. The first kappa shape index (κ1) is 22.2. The lowest BCUT2D eigenvalue weighted by Gasteiger charge is -2.37. The highest BCUT2D eigenvalue weighted by Gasteiger charge is 2.29. The molecule has 0 spiro atoms. The molecule has 1 fully saturated rings. The van der Waals surface area contributed by atoms with Gasteiger partial charge >= 0.3 is 5.97 Å². The molecular formula is C25H31N5O2. The topological polar surface area (TPSA) is 86.3 Å². The molecule has 2 N–H and O–H groups in total. The van der Waals surface area contributed by atoms with Gasteiger partial charge in [-0.15, -0.1) is 0 Å². The molecular weight excluding hydrogens is 402 g/mol. The summed E-state index contributed by atoms with van der Waals surface area (Å²) in [5.74, 6) is 0.375. The first-order valence-corrected chi connectivity index (χ1v) is 11.1. The number of nitrogens with two attached hydrogens (primary N) is 1. The average Bonchev–Trinajstić information content (AvgIpc) is 3.22. The minimum Gasteiger partial charge on any atom is -0.460 e. The van der Waals surface area contributed by atoms with Crippen LogP contribution < -0.4 is 5.73 Å². The van der Waals surface area contributed by atoms with Crippen LogP contribution >= 0.6 is 0 Å². The summed E-state index contributed by atoms with van der Waals surface area (Å²) >= 11 is 0. The Hall–Kier alpha value is -3.03. The lowest BCUT2D eigenvalue weighted by Crippen LogP contribution is -2.52. The van der Waals surface area contributed by atoms with Crippen molar-refractivity contribution in [2.24, 2.45) is 11.7 Å². The Morgan fingerprint density at radius 2 is 2.00 bits per heavy atom. The third kappa shape index (κ3) is 5.23. The fraction of sp³-hybridized carbons (Fsp3) is 0.400. The molecule has 2 aromatic heterocycles. The summed E-state index contributed by atoms with van der Waals surface area (Å²) in [6, 6.07) is 10.5. The van der Waals surface area contributed by atoms with E-state index in [4.69, 9.17) is 10.5 Å². The van der Waals surface area contributed by atoms with Gasteiger partial charge in [0.25, 0.3) is 0 Å². The smallest absolute Gasteiger partial charge is 0.302 e. The molecule has 0 atom stereocenters. The van der Waals surface area contributed by atoms with Crippen molar-refractivity contribution in [3.05, 3.63) is 65.9 Å². The summed E-state index contributed by atoms with van der Waals surface area (Å²) in [7, 11) is 0. The van der Waals surface area contributed by atoms with Gasteiger partial charge in [-0.25, -0.2) is 4.98 Å². The lowest BCUT2D eigenvalue weighted by atomic mass is 9.95. The van der Waals surface area contributed by atoms with Gasteiger partial charge in [0.15, 0.2) is 0 Å². The van der Waals surface area contributed by atoms with Crippen molar-refractivity contribution in [3.8, 4) is 16.9 Å². The summed E-state index contributed by atoms with van der Waals surface area (Å²) in [4.78, 5) is 22.4. The first-order chi connectivity index (χ1) is 15.4. The summed E-state index contributed by atoms with van der Waals surface area (Å²) in [5.41, 5.74) is 12.4. The third-order valence-electron chi connectivity index (χ3n) is 5.68. The number of imidazole rings is 1. The molecule has 1 aromatic carbocycles. The fourth-order valence-electron chi connectivity index (χ4n) is 4.08. The van der Waals surface area contributed by atoms with Gasteiger partial charge in [-0.1, -0.05) is 26.0 Å². The largest absolute Gasteiger partial charge is 0.460 e. The molecule has 32 heavy (non-hydrogen) atoms. The number of ether oxygens (including phenoxy) is 1. The predicted octanol–water partition coefficient (Wildman–Crippen LogP) is 3.34. The molecule has 1 saturated heterocycles. The Morgan fingerprint density at radius 3 is 2.66 bits per heavy atom. The molecule has 0 bridgehead atoms. The molecule has 0 saturated carbocycles. The van der Waals surface area contributed by atoms with Gasteiger partial charge in [0.05, 0.1) is 29.6 Å². The highest BCUT2D eigenvalue weighted by Crippen LogP contribution is 2.24. The van der Waals surface area contributed by atoms with E-state index in [1.165, 1.54) is 18.1 Å². The molecule has 0 amide bonds. The van der Waals surface area contributed by atoms with Crippen molar-refractivity contribution in [1.29, 1.82) is 0 Å². The van der Waals surface area contributed by atoms with Crippen LogP contribution in [0.3, 0.4) is 0 Å². The van der Waals surface area contributed by atoms with E-state index in [1.54, 1.807) is 0 Å². The monoisotopic (exact) mass is 433 g/mol. The summed E-state index contributed by atoms with van der Waals surface area (Å²) < 4.78 is 7.17. The van der Waals surface area contributed by atoms with Crippen LogP contribution in [0.25, 0.3) is 16.9 Å². The summed E-state index contributed by atoms with van der Waals surface area (Å²) in [6.07, 6.45) is 6.74. The number of esters is 1. The van der Waals surface area contributed by atoms with E-state index in [2.05, 4.69) is 46.9 Å². The van der Waals surface area contributed by atoms with Crippen molar-refractivity contribution in [1.82, 2.24) is 19.4 Å². The zero-order chi connectivity index (χ0) is 22.7. The van der Waals surface area contributed by atoms with E-state index in [0.29, 0.717) is 12.5 Å². The number of carbonyl (C=O) groups is 1. The Bertz CT molecular complexity index is 1070. The maximum absolute atomic E-state index is 11.0. The van der Waals surface area contributed by atoms with Crippen LogP contribution in [-0.2, 0) is 29.0 Å². The number of likely N-dealkylation sites (tertiary alicyclic amines) is 1. The van der Waals surface area contributed by atoms with Crippen molar-refractivity contribution >= 4 is 5.97 Å². The van der Waals surface area contributed by atoms with Gasteiger partial charge in [0.1, 0.15) is 6.10 Å². The van der Waals surface area contributed by atoms with Gasteiger partial charge < -0.3 is 15.0 Å². The van der Waals surface area contributed by atoms with E-state index >= 15 is 0 Å². The van der Waals surface area contributed by atoms with Gasteiger partial charge in [0, 0.05) is 44.9 Å². The van der Waals surface area contributed by atoms with Crippen molar-refractivity contribution in [3.63, 3.8) is 0 Å². The Balaban J connectivity index is 1.41. The zero-order valence-corrected chi connectivity index (χ0v) is 19.0. The molecule has 168 valence electrons. The molecule has 3 heterocycles. The average molecular weight is 434 g/mol. The highest BCUT2D eigenvalue weighted by atomic mass is 16.5. The van der Waals surface area contributed by atoms with Gasteiger partial charge in [-0.05, 0) is 41.7 Å². The molecule has 0 radical (unpaired) electrons. The molecule has 1 aliphatic rings. The molecule has 1 aliphatic heterocycles. The Labute approximate surface area is 189 Å². The van der Waals surface area contributed by atoms with Gasteiger partial charge in [0.2, 0.25) is 0 Å². The van der Waals surface area contributed by atoms with Crippen LogP contribution in [0, 0.1) is 5.92 Å². The molecule has 3 aromatic rings. The van der Waals surface area contributed by atoms with E-state index in [0.717, 1.165) is 48.7 Å². The van der Waals surface area contributed by atoms with E-state index in [1.807, 2.05) is 35.4 Å². The van der Waals surface area contributed by atoms with E-state index in [-0.39, 0.29) is 12.1 Å². The van der Waals surface area contributed by atoms with Crippen LogP contribution in [0.4, 0.5) is 0 Å². The number of nitrogens with zero attached hydrogens (tertiary/aromatic N) is 4. The second kappa shape index (κ2) is 9.63. The maximum Gasteiger partial charge on any atom is 0.302 e. The zero-order valence-electron chi connectivity index (χ0n) is 19.0. The lowest BCUT2D eigenvalue weighted by molar-refractivity contribution is -0.155. The van der Waals surface area contributed by atoms with Crippen LogP contribution in [0.2, 0.25) is 0 Å². The Morgan fingerprint density at radius 1 is 1.19 bits per heavy atom. The quantitative estimate of drug-likeness (QED) is 0.549. The van der Waals surface area contributed by atoms with Crippen LogP contribution in [0.5, 0.6) is 0 Å². The number of benzene rings is 1. The maximum atomic E-state index is 11.0. The number of hydrogen-bond acceptors (Lipinski definition) is 6. The van der Waals surface area contributed by atoms with Crippen LogP contribution in [0.15, 0.2) is 49.1 Å². The number of pyridine rings is 1. The minimum atomic E-state index is -0.220. The second-order valence-electron chi connectivity index (χ2n) is 8.89. The number of carbonyl (C=O) groups excluding carboxylic acids is 1. The second-order valence-corrected chi connectivity index (χ2v) is 8.89. The minimum absolute atomic E-state index is 0.00960. The normalized spacial score (nSPS) is 14.5. The first-order valence-electron chi connectivity index (χ1n) is 11.1. The Kier molecular flexibility index (Phi) is 6.67. The predicted molar refractivity (Wildman–Crippen MR) is 124 cm³/mol. The van der Waals surface area contributed by atoms with Gasteiger partial charge in [-0.2, -0.15) is 0 Å². The van der Waals surface area contributed by atoms with Crippen molar-refractivity contribution in [2.45, 2.75) is 46.4 Å². The number of aromatic nitrogens is 3. The van der Waals surface area contributed by atoms with E-state index < -0.39 is 0 Å². The number of rotatable bonds is 8. The standard InChI is InChI=1S/C25H31N5O2/c1-17(2)8-19-4-5-20(9-21(19)10-26)25-15-30(16-28-25)23-7-6-22(27-11-23)12-29-13-24(14-29)32-18(3)31/h4-7,9,11,15-17,24H,8,10,12-14,26H2,1-3H3. The molecule has 4 rings (SSSR count). The molecule has 7 heteroatoms. The third-order valence-corrected chi connectivity index (χ3v) is 5.68. The van der Waals surface area contributed by atoms with Crippen LogP contribution in [-0.4, -0.2) is 44.6 Å². The summed E-state index contributed by atoms with van der Waals surface area (Å²) in [6.45, 7) is 8.68. The van der Waals surface area contributed by atoms with Crippen molar-refractivity contribution < 1.29 is 9.53 Å². The highest BCUT2D eigenvalue weighted by molar-refractivity contribution is 5.66. The van der Waals surface area contributed by atoms with Crippen LogP contribution in [0.1, 0.15) is 37.6 Å². The van der Waals surface area contributed by atoms with Gasteiger partial charge in [-0.3, -0.25) is 14.7 Å². The fourth-order valence-corrected chi connectivity index (χ4v) is 4.08. The molecule has 7 nitrogen and oxygen atoms in total. The molecule has 0 aliphatic carbocycles. The van der Waals surface area contributed by atoms with E-state index in [9.17, 15) is 4.79 Å².